The molecule has 0 radical (unpaired) electrons. The number of terminal acetylenes is 1. The van der Waals surface area contributed by atoms with Crippen molar-refractivity contribution in [2.24, 2.45) is 0 Å². The van der Waals surface area contributed by atoms with Gasteiger partial charge in [-0.1, -0.05) is 43.6 Å². The lowest BCUT2D eigenvalue weighted by Gasteiger charge is -2.05. The van der Waals surface area contributed by atoms with E-state index >= 15 is 0 Å². The minimum atomic E-state index is -0.0870. The Labute approximate surface area is 115 Å². The second-order valence-electron chi connectivity index (χ2n) is 4.03. The molecule has 1 aliphatic rings. The van der Waals surface area contributed by atoms with Gasteiger partial charge in [0.15, 0.2) is 0 Å². The van der Waals surface area contributed by atoms with Crippen molar-refractivity contribution in [2.75, 3.05) is 5.32 Å². The van der Waals surface area contributed by atoms with Crippen LogP contribution in [0.3, 0.4) is 0 Å². The van der Waals surface area contributed by atoms with Crippen molar-refractivity contribution in [2.45, 2.75) is 27.2 Å². The number of carbonyl (C=O) groups is 1. The van der Waals surface area contributed by atoms with Gasteiger partial charge in [-0.25, -0.2) is 0 Å². The molecule has 0 bridgehead atoms. The molecule has 0 heterocycles. The molecule has 0 aliphatic heterocycles. The molecular formula is C17H19NO. The molecule has 1 amide bonds. The highest BCUT2D eigenvalue weighted by molar-refractivity contribution is 6.06. The second kappa shape index (κ2) is 7.23. The van der Waals surface area contributed by atoms with Crippen molar-refractivity contribution < 1.29 is 4.79 Å². The Morgan fingerprint density at radius 1 is 1.37 bits per heavy atom. The van der Waals surface area contributed by atoms with Crippen LogP contribution in [-0.4, -0.2) is 5.91 Å². The first kappa shape index (κ1) is 14.8. The fourth-order valence-electron chi connectivity index (χ4n) is 1.70. The minimum Gasteiger partial charge on any atom is -0.322 e. The van der Waals surface area contributed by atoms with E-state index in [0.29, 0.717) is 5.57 Å². The van der Waals surface area contributed by atoms with Crippen molar-refractivity contribution in [3.8, 4) is 12.3 Å². The number of nitrogens with one attached hydrogen (secondary N) is 1. The molecule has 1 N–H and O–H groups in total. The lowest BCUT2D eigenvalue weighted by molar-refractivity contribution is -0.112. The summed E-state index contributed by atoms with van der Waals surface area (Å²) in [7, 11) is 0. The summed E-state index contributed by atoms with van der Waals surface area (Å²) in [5.74, 6) is 2.45. The van der Waals surface area contributed by atoms with Crippen LogP contribution >= 0.6 is 0 Å². The highest BCUT2D eigenvalue weighted by atomic mass is 16.1. The zero-order valence-electron chi connectivity index (χ0n) is 11.7. The van der Waals surface area contributed by atoms with Gasteiger partial charge in [0, 0.05) is 16.8 Å². The lowest BCUT2D eigenvalue weighted by atomic mass is 10.2. The summed E-state index contributed by atoms with van der Waals surface area (Å²) >= 11 is 0. The lowest BCUT2D eigenvalue weighted by Crippen LogP contribution is -2.12. The van der Waals surface area contributed by atoms with Gasteiger partial charge in [-0.15, -0.1) is 6.42 Å². The van der Waals surface area contributed by atoms with Gasteiger partial charge in [-0.05, 0) is 31.5 Å². The maximum Gasteiger partial charge on any atom is 0.255 e. The van der Waals surface area contributed by atoms with Gasteiger partial charge in [0.05, 0.1) is 0 Å². The standard InChI is InChI=1S/C15H13NO.C2H6/c1-3-12-5-4-6-14(10-12)16-15(17)13-8-7-11(2)9-13;1-2/h1,4-6,8-10H,7H2,2H3,(H,16,17);1-2H3. The number of hydrogen-bond donors (Lipinski definition) is 1. The highest BCUT2D eigenvalue weighted by Crippen LogP contribution is 2.18. The van der Waals surface area contributed by atoms with Crippen molar-refractivity contribution in [1.82, 2.24) is 0 Å². The first-order valence-corrected chi connectivity index (χ1v) is 6.44. The number of benzene rings is 1. The maximum atomic E-state index is 11.9. The molecule has 2 rings (SSSR count). The van der Waals surface area contributed by atoms with Gasteiger partial charge in [0.25, 0.3) is 5.91 Å². The van der Waals surface area contributed by atoms with E-state index in [0.717, 1.165) is 17.7 Å². The number of amides is 1. The minimum absolute atomic E-state index is 0.0870. The second-order valence-corrected chi connectivity index (χ2v) is 4.03. The Hall–Kier alpha value is -2.27. The van der Waals surface area contributed by atoms with Crippen LogP contribution in [0.15, 0.2) is 47.6 Å². The van der Waals surface area contributed by atoms with Gasteiger partial charge < -0.3 is 5.32 Å². The average molecular weight is 253 g/mol. The van der Waals surface area contributed by atoms with E-state index in [-0.39, 0.29) is 5.91 Å². The van der Waals surface area contributed by atoms with Crippen LogP contribution in [0, 0.1) is 12.3 Å². The molecule has 98 valence electrons. The number of carbonyl (C=O) groups excluding carboxylic acids is 1. The van der Waals surface area contributed by atoms with Crippen LogP contribution in [0.25, 0.3) is 0 Å². The van der Waals surface area contributed by atoms with E-state index in [1.165, 1.54) is 5.57 Å². The van der Waals surface area contributed by atoms with Gasteiger partial charge in [0.1, 0.15) is 0 Å². The molecule has 2 nitrogen and oxygen atoms in total. The Bertz CT molecular complexity index is 559. The summed E-state index contributed by atoms with van der Waals surface area (Å²) < 4.78 is 0. The quantitative estimate of drug-likeness (QED) is 0.795. The van der Waals surface area contributed by atoms with E-state index in [1.54, 1.807) is 6.07 Å². The van der Waals surface area contributed by atoms with Crippen LogP contribution < -0.4 is 5.32 Å². The molecule has 1 aliphatic carbocycles. The Balaban J connectivity index is 0.000000861. The molecule has 0 spiro atoms. The van der Waals surface area contributed by atoms with E-state index < -0.39 is 0 Å². The average Bonchev–Trinajstić information content (AvgIpc) is 2.88. The highest BCUT2D eigenvalue weighted by Gasteiger charge is 2.11. The van der Waals surface area contributed by atoms with Crippen molar-refractivity contribution in [1.29, 1.82) is 0 Å². The number of hydrogen-bond acceptors (Lipinski definition) is 1. The Morgan fingerprint density at radius 2 is 2.11 bits per heavy atom. The summed E-state index contributed by atoms with van der Waals surface area (Å²) in [6.07, 6.45) is 9.99. The zero-order valence-corrected chi connectivity index (χ0v) is 11.7. The molecule has 0 unspecified atom stereocenters. The smallest absolute Gasteiger partial charge is 0.255 e. The summed E-state index contributed by atoms with van der Waals surface area (Å²) in [6.45, 7) is 6.01. The van der Waals surface area contributed by atoms with Crippen LogP contribution in [0.1, 0.15) is 32.8 Å². The zero-order chi connectivity index (χ0) is 14.3. The van der Waals surface area contributed by atoms with E-state index in [9.17, 15) is 4.79 Å². The normalized spacial score (nSPS) is 12.5. The third-order valence-electron chi connectivity index (χ3n) is 2.60. The van der Waals surface area contributed by atoms with E-state index in [2.05, 4.69) is 11.2 Å². The van der Waals surface area contributed by atoms with E-state index in [1.807, 2.05) is 51.1 Å². The van der Waals surface area contributed by atoms with Gasteiger partial charge >= 0.3 is 0 Å². The molecule has 0 atom stereocenters. The predicted octanol–water partition coefficient (Wildman–Crippen LogP) is 3.91. The summed E-state index contributed by atoms with van der Waals surface area (Å²) in [5, 5.41) is 2.83. The predicted molar refractivity (Wildman–Crippen MR) is 80.8 cm³/mol. The molecule has 19 heavy (non-hydrogen) atoms. The fraction of sp³-hybridized carbons (Fsp3) is 0.235. The number of rotatable bonds is 2. The van der Waals surface area contributed by atoms with Crippen molar-refractivity contribution in [3.05, 3.63) is 53.1 Å². The first-order chi connectivity index (χ1) is 9.19. The molecule has 0 fully saturated rings. The fourth-order valence-corrected chi connectivity index (χ4v) is 1.70. The number of anilines is 1. The molecule has 0 aromatic heterocycles. The van der Waals surface area contributed by atoms with Crippen LogP contribution in [-0.2, 0) is 4.79 Å². The largest absolute Gasteiger partial charge is 0.322 e. The number of allylic oxidation sites excluding steroid dienone is 2. The molecule has 1 aromatic carbocycles. The third-order valence-corrected chi connectivity index (χ3v) is 2.60. The molecule has 0 saturated carbocycles. The monoisotopic (exact) mass is 253 g/mol. The van der Waals surface area contributed by atoms with Crippen LogP contribution in [0.4, 0.5) is 5.69 Å². The maximum absolute atomic E-state index is 11.9. The summed E-state index contributed by atoms with van der Waals surface area (Å²) in [5.41, 5.74) is 3.40. The van der Waals surface area contributed by atoms with Gasteiger partial charge in [0.2, 0.25) is 0 Å². The molecule has 2 heteroatoms. The summed E-state index contributed by atoms with van der Waals surface area (Å²) in [4.78, 5) is 11.9. The van der Waals surface area contributed by atoms with Crippen molar-refractivity contribution >= 4 is 11.6 Å². The molecule has 1 aromatic rings. The van der Waals surface area contributed by atoms with E-state index in [4.69, 9.17) is 6.42 Å². The Morgan fingerprint density at radius 3 is 2.68 bits per heavy atom. The van der Waals surface area contributed by atoms with Crippen LogP contribution in [0.5, 0.6) is 0 Å². The van der Waals surface area contributed by atoms with Gasteiger partial charge in [-0.3, -0.25) is 4.79 Å². The first-order valence-electron chi connectivity index (χ1n) is 6.44. The summed E-state index contributed by atoms with van der Waals surface area (Å²) in [6, 6.07) is 7.26. The molecular weight excluding hydrogens is 234 g/mol. The third kappa shape index (κ3) is 4.15. The topological polar surface area (TPSA) is 29.1 Å². The van der Waals surface area contributed by atoms with Crippen LogP contribution in [0.2, 0.25) is 0 Å². The molecule has 0 saturated heterocycles. The Kier molecular flexibility index (Phi) is 5.63. The SMILES string of the molecule is C#Cc1cccc(NC(=O)C2=CCC(C)=C2)c1.CC. The van der Waals surface area contributed by atoms with Gasteiger partial charge in [-0.2, -0.15) is 0 Å². The van der Waals surface area contributed by atoms with Crippen molar-refractivity contribution in [3.63, 3.8) is 0 Å².